The predicted molar refractivity (Wildman–Crippen MR) is 106 cm³/mol. The third-order valence-electron chi connectivity index (χ3n) is 5.91. The molecule has 0 bridgehead atoms. The largest absolute Gasteiger partial charge is 0.484 e. The van der Waals surface area contributed by atoms with Gasteiger partial charge in [0.05, 0.1) is 13.2 Å². The number of hydrogen-bond donors (Lipinski definition) is 1. The fourth-order valence-corrected chi connectivity index (χ4v) is 4.31. The fourth-order valence-electron chi connectivity index (χ4n) is 4.31. The van der Waals surface area contributed by atoms with Gasteiger partial charge in [-0.15, -0.1) is 10.2 Å². The van der Waals surface area contributed by atoms with E-state index >= 15 is 0 Å². The smallest absolute Gasteiger partial charge is 0.258 e. The summed E-state index contributed by atoms with van der Waals surface area (Å²) in [6.45, 7) is 4.11. The Bertz CT molecular complexity index is 766. The molecule has 1 aliphatic carbocycles. The maximum atomic E-state index is 12.4. The van der Waals surface area contributed by atoms with Gasteiger partial charge in [0.25, 0.3) is 5.91 Å². The van der Waals surface area contributed by atoms with Crippen LogP contribution in [0.15, 0.2) is 35.1 Å². The van der Waals surface area contributed by atoms with Crippen LogP contribution in [0.3, 0.4) is 0 Å². The summed E-state index contributed by atoms with van der Waals surface area (Å²) in [5.74, 6) is 0.989. The van der Waals surface area contributed by atoms with Gasteiger partial charge in [-0.3, -0.25) is 9.69 Å². The summed E-state index contributed by atoms with van der Waals surface area (Å²) in [7, 11) is 0. The lowest BCUT2D eigenvalue weighted by Crippen LogP contribution is -2.60. The highest BCUT2D eigenvalue weighted by atomic mass is 16.5. The first-order chi connectivity index (χ1) is 14.3. The molecule has 156 valence electrons. The summed E-state index contributed by atoms with van der Waals surface area (Å²) in [6.07, 6.45) is 7.27. The lowest BCUT2D eigenvalue weighted by Gasteiger charge is -2.48. The third-order valence-corrected chi connectivity index (χ3v) is 5.91. The molecule has 8 heteroatoms. The Kier molecular flexibility index (Phi) is 6.41. The number of hydrogen-bond acceptors (Lipinski definition) is 7. The van der Waals surface area contributed by atoms with E-state index in [1.165, 1.54) is 25.7 Å². The van der Waals surface area contributed by atoms with Crippen molar-refractivity contribution in [2.24, 2.45) is 0 Å². The Morgan fingerprint density at radius 1 is 1.14 bits per heavy atom. The number of carbonyl (C=O) groups is 1. The van der Waals surface area contributed by atoms with Gasteiger partial charge < -0.3 is 19.2 Å². The number of morpholine rings is 1. The van der Waals surface area contributed by atoms with Crippen LogP contribution in [0.25, 0.3) is 11.5 Å². The second-order valence-electron chi connectivity index (χ2n) is 7.72. The standard InChI is InChI=1S/C21H28N4O4/c26-19(14-28-18-6-4-17(5-7-18)20-24-23-16-29-20)22-15-21(8-2-1-3-9-21)25-10-12-27-13-11-25/h4-7,16H,1-3,8-15H2,(H,22,26). The molecule has 2 heterocycles. The van der Waals surface area contributed by atoms with E-state index in [-0.39, 0.29) is 18.1 Å². The molecule has 29 heavy (non-hydrogen) atoms. The monoisotopic (exact) mass is 400 g/mol. The first kappa shape index (κ1) is 19.8. The number of carbonyl (C=O) groups excluding carboxylic acids is 1. The molecule has 1 aliphatic heterocycles. The molecule has 0 atom stereocenters. The Labute approximate surface area is 170 Å². The number of ether oxygens (including phenoxy) is 2. The van der Waals surface area contributed by atoms with Gasteiger partial charge in [-0.2, -0.15) is 0 Å². The number of amides is 1. The lowest BCUT2D eigenvalue weighted by atomic mass is 9.79. The minimum absolute atomic E-state index is 0.000898. The van der Waals surface area contributed by atoms with Crippen molar-refractivity contribution in [2.75, 3.05) is 39.5 Å². The van der Waals surface area contributed by atoms with E-state index in [0.717, 1.165) is 44.7 Å². The van der Waals surface area contributed by atoms with Crippen molar-refractivity contribution >= 4 is 5.91 Å². The molecule has 1 N–H and O–H groups in total. The lowest BCUT2D eigenvalue weighted by molar-refractivity contribution is -0.124. The maximum Gasteiger partial charge on any atom is 0.258 e. The highest BCUT2D eigenvalue weighted by Gasteiger charge is 2.38. The van der Waals surface area contributed by atoms with E-state index in [2.05, 4.69) is 20.4 Å². The van der Waals surface area contributed by atoms with Crippen LogP contribution in [-0.2, 0) is 9.53 Å². The van der Waals surface area contributed by atoms with Gasteiger partial charge in [0.1, 0.15) is 5.75 Å². The van der Waals surface area contributed by atoms with Crippen molar-refractivity contribution in [2.45, 2.75) is 37.6 Å². The Morgan fingerprint density at radius 3 is 2.59 bits per heavy atom. The average molecular weight is 400 g/mol. The van der Waals surface area contributed by atoms with Gasteiger partial charge in [0.15, 0.2) is 6.61 Å². The SMILES string of the molecule is O=C(COc1ccc(-c2nnco2)cc1)NCC1(N2CCOCC2)CCCCC1. The van der Waals surface area contributed by atoms with Crippen molar-refractivity contribution < 1.29 is 18.7 Å². The molecule has 2 fully saturated rings. The van der Waals surface area contributed by atoms with Crippen molar-refractivity contribution in [1.82, 2.24) is 20.4 Å². The van der Waals surface area contributed by atoms with E-state index in [1.807, 2.05) is 12.1 Å². The number of benzene rings is 1. The quantitative estimate of drug-likeness (QED) is 0.762. The molecule has 8 nitrogen and oxygen atoms in total. The van der Waals surface area contributed by atoms with E-state index < -0.39 is 0 Å². The molecule has 1 aromatic heterocycles. The third kappa shape index (κ3) is 4.94. The highest BCUT2D eigenvalue weighted by molar-refractivity contribution is 5.77. The number of nitrogens with zero attached hydrogens (tertiary/aromatic N) is 3. The van der Waals surface area contributed by atoms with Gasteiger partial charge in [0.2, 0.25) is 12.3 Å². The van der Waals surface area contributed by atoms with Crippen molar-refractivity contribution in [1.29, 1.82) is 0 Å². The zero-order chi connectivity index (χ0) is 19.9. The molecule has 1 amide bonds. The van der Waals surface area contributed by atoms with Crippen LogP contribution >= 0.6 is 0 Å². The maximum absolute atomic E-state index is 12.4. The van der Waals surface area contributed by atoms with Gasteiger partial charge in [-0.25, -0.2) is 0 Å². The van der Waals surface area contributed by atoms with Gasteiger partial charge in [0, 0.05) is 30.7 Å². The molecule has 4 rings (SSSR count). The van der Waals surface area contributed by atoms with E-state index in [9.17, 15) is 4.79 Å². The Hall–Kier alpha value is -2.45. The molecular formula is C21H28N4O4. The molecule has 1 saturated heterocycles. The van der Waals surface area contributed by atoms with Crippen LogP contribution in [-0.4, -0.2) is 66.0 Å². The van der Waals surface area contributed by atoms with Crippen molar-refractivity contribution in [3.05, 3.63) is 30.7 Å². The van der Waals surface area contributed by atoms with Crippen LogP contribution in [0.5, 0.6) is 5.75 Å². The molecular weight excluding hydrogens is 372 g/mol. The number of aromatic nitrogens is 2. The summed E-state index contributed by atoms with van der Waals surface area (Å²) in [4.78, 5) is 14.9. The minimum atomic E-state index is -0.0933. The van der Waals surface area contributed by atoms with Gasteiger partial charge in [-0.05, 0) is 37.1 Å². The summed E-state index contributed by atoms with van der Waals surface area (Å²) in [6, 6.07) is 7.25. The first-order valence-corrected chi connectivity index (χ1v) is 10.3. The number of rotatable bonds is 7. The van der Waals surface area contributed by atoms with Gasteiger partial charge >= 0.3 is 0 Å². The molecule has 2 aliphatic rings. The summed E-state index contributed by atoms with van der Waals surface area (Å²) in [5.41, 5.74) is 0.868. The Morgan fingerprint density at radius 2 is 1.90 bits per heavy atom. The average Bonchev–Trinajstić information content (AvgIpc) is 3.33. The van der Waals surface area contributed by atoms with Crippen LogP contribution in [0.2, 0.25) is 0 Å². The fraction of sp³-hybridized carbons (Fsp3) is 0.571. The van der Waals surface area contributed by atoms with Crippen LogP contribution in [0, 0.1) is 0 Å². The topological polar surface area (TPSA) is 89.7 Å². The van der Waals surface area contributed by atoms with Crippen molar-refractivity contribution in [3.63, 3.8) is 0 Å². The van der Waals surface area contributed by atoms with Crippen LogP contribution < -0.4 is 10.1 Å². The van der Waals surface area contributed by atoms with E-state index in [4.69, 9.17) is 13.9 Å². The molecule has 0 spiro atoms. The van der Waals surface area contributed by atoms with E-state index in [0.29, 0.717) is 18.2 Å². The second-order valence-corrected chi connectivity index (χ2v) is 7.72. The van der Waals surface area contributed by atoms with E-state index in [1.54, 1.807) is 12.1 Å². The Balaban J connectivity index is 1.28. The zero-order valence-corrected chi connectivity index (χ0v) is 16.6. The predicted octanol–water partition coefficient (Wildman–Crippen LogP) is 2.27. The van der Waals surface area contributed by atoms with Crippen LogP contribution in [0.4, 0.5) is 0 Å². The first-order valence-electron chi connectivity index (χ1n) is 10.3. The molecule has 0 radical (unpaired) electrons. The van der Waals surface area contributed by atoms with Crippen molar-refractivity contribution in [3.8, 4) is 17.2 Å². The molecule has 0 unspecified atom stereocenters. The summed E-state index contributed by atoms with van der Waals surface area (Å²) < 4.78 is 16.3. The second kappa shape index (κ2) is 9.37. The molecule has 1 saturated carbocycles. The van der Waals surface area contributed by atoms with Crippen LogP contribution in [0.1, 0.15) is 32.1 Å². The zero-order valence-electron chi connectivity index (χ0n) is 16.6. The van der Waals surface area contributed by atoms with Gasteiger partial charge in [-0.1, -0.05) is 19.3 Å². The highest BCUT2D eigenvalue weighted by Crippen LogP contribution is 2.33. The minimum Gasteiger partial charge on any atom is -0.484 e. The normalized spacial score (nSPS) is 19.6. The molecule has 2 aromatic rings. The summed E-state index contributed by atoms with van der Waals surface area (Å²) >= 11 is 0. The molecule has 1 aromatic carbocycles. The number of nitrogens with one attached hydrogen (secondary N) is 1. The summed E-state index contributed by atoms with van der Waals surface area (Å²) in [5, 5.41) is 10.7.